The summed E-state index contributed by atoms with van der Waals surface area (Å²) in [7, 11) is 0. The summed E-state index contributed by atoms with van der Waals surface area (Å²) in [6.07, 6.45) is 0. The van der Waals surface area contributed by atoms with E-state index in [1.54, 1.807) is 11.3 Å². The molecule has 0 atom stereocenters. The Kier molecular flexibility index (Phi) is 4.78. The predicted octanol–water partition coefficient (Wildman–Crippen LogP) is 11.3. The molecule has 0 bridgehead atoms. The molecular formula is C39H23N3S2. The van der Waals surface area contributed by atoms with E-state index < -0.39 is 18.1 Å². The van der Waals surface area contributed by atoms with Gasteiger partial charge in [-0.1, -0.05) is 121 Å². The largest absolute Gasteiger partial charge is 0.208 e. The monoisotopic (exact) mass is 602 g/mol. The Hall–Kier alpha value is -5.23. The van der Waals surface area contributed by atoms with E-state index in [-0.39, 0.29) is 23.5 Å². The molecule has 0 aliphatic rings. The van der Waals surface area contributed by atoms with Crippen LogP contribution in [-0.2, 0) is 0 Å². The second-order valence-electron chi connectivity index (χ2n) is 10.5. The summed E-state index contributed by atoms with van der Waals surface area (Å²) in [4.78, 5) is 14.1. The van der Waals surface area contributed by atoms with Crippen LogP contribution in [0.3, 0.4) is 0 Å². The number of aromatic nitrogens is 3. The molecular weight excluding hydrogens is 575 g/mol. The molecule has 0 spiro atoms. The van der Waals surface area contributed by atoms with Crippen LogP contribution in [0.1, 0.15) is 6.85 Å². The zero-order chi connectivity index (χ0) is 33.4. The lowest BCUT2D eigenvalue weighted by Gasteiger charge is -2.08. The molecule has 0 aliphatic carbocycles. The van der Waals surface area contributed by atoms with Gasteiger partial charge in [0.05, 0.1) is 6.85 Å². The Morgan fingerprint density at radius 3 is 1.84 bits per heavy atom. The van der Waals surface area contributed by atoms with Crippen molar-refractivity contribution in [2.24, 2.45) is 0 Å². The molecule has 0 fully saturated rings. The van der Waals surface area contributed by atoms with E-state index in [4.69, 9.17) is 16.8 Å². The minimum atomic E-state index is -0.463. The molecule has 9 rings (SSSR count). The molecule has 3 nitrogen and oxygen atoms in total. The first-order valence-corrected chi connectivity index (χ1v) is 15.7. The van der Waals surface area contributed by atoms with E-state index in [0.717, 1.165) is 21.2 Å². The first-order chi connectivity index (χ1) is 23.9. The van der Waals surface area contributed by atoms with Gasteiger partial charge in [-0.2, -0.15) is 0 Å². The SMILES string of the molecule is [2H]c1c([2H])c([2H])c(-c2nc(-c3ccccc3)nc(-c3ccc4c(c3)sc3cc(-c5cccc6c5sc5ccccc56)ccc34)n2)c([2H])c1[2H]. The third-order valence-electron chi connectivity index (χ3n) is 7.84. The molecule has 0 unspecified atom stereocenters. The van der Waals surface area contributed by atoms with E-state index >= 15 is 0 Å². The highest BCUT2D eigenvalue weighted by Gasteiger charge is 2.15. The molecule has 0 saturated carbocycles. The summed E-state index contributed by atoms with van der Waals surface area (Å²) < 4.78 is 46.4. The van der Waals surface area contributed by atoms with Gasteiger partial charge in [-0.25, -0.2) is 15.0 Å². The molecule has 44 heavy (non-hydrogen) atoms. The Morgan fingerprint density at radius 1 is 0.432 bits per heavy atom. The van der Waals surface area contributed by atoms with Gasteiger partial charge in [-0.3, -0.25) is 0 Å². The van der Waals surface area contributed by atoms with E-state index in [1.807, 2.05) is 47.7 Å². The minimum Gasteiger partial charge on any atom is -0.208 e. The smallest absolute Gasteiger partial charge is 0.164 e. The summed E-state index contributed by atoms with van der Waals surface area (Å²) >= 11 is 3.53. The van der Waals surface area contributed by atoms with Crippen molar-refractivity contribution in [3.63, 3.8) is 0 Å². The first-order valence-electron chi connectivity index (χ1n) is 16.6. The number of benzene rings is 6. The lowest BCUT2D eigenvalue weighted by Crippen LogP contribution is -1.99. The highest BCUT2D eigenvalue weighted by molar-refractivity contribution is 7.26. The topological polar surface area (TPSA) is 38.7 Å². The summed E-state index contributed by atoms with van der Waals surface area (Å²) in [6.45, 7) is 0. The van der Waals surface area contributed by atoms with E-state index in [9.17, 15) is 0 Å². The Bertz CT molecular complexity index is 2760. The molecule has 9 aromatic rings. The highest BCUT2D eigenvalue weighted by atomic mass is 32.1. The highest BCUT2D eigenvalue weighted by Crippen LogP contribution is 2.42. The van der Waals surface area contributed by atoms with E-state index in [1.165, 1.54) is 41.4 Å². The zero-order valence-electron chi connectivity index (χ0n) is 28.1. The van der Waals surface area contributed by atoms with Crippen molar-refractivity contribution < 1.29 is 6.85 Å². The van der Waals surface area contributed by atoms with Gasteiger partial charge in [0, 0.05) is 57.0 Å². The molecule has 0 N–H and O–H groups in total. The van der Waals surface area contributed by atoms with Crippen molar-refractivity contribution in [1.29, 1.82) is 0 Å². The Morgan fingerprint density at radius 2 is 1.05 bits per heavy atom. The van der Waals surface area contributed by atoms with Crippen molar-refractivity contribution in [3.05, 3.63) is 139 Å². The van der Waals surface area contributed by atoms with E-state index in [2.05, 4.69) is 77.8 Å². The van der Waals surface area contributed by atoms with Gasteiger partial charge in [0.15, 0.2) is 17.5 Å². The number of fused-ring (bicyclic) bond motifs is 6. The molecule has 0 saturated heterocycles. The van der Waals surface area contributed by atoms with Crippen molar-refractivity contribution in [2.75, 3.05) is 0 Å². The number of hydrogen-bond acceptors (Lipinski definition) is 5. The maximum absolute atomic E-state index is 8.57. The molecule has 206 valence electrons. The van der Waals surface area contributed by atoms with Crippen molar-refractivity contribution >= 4 is 63.0 Å². The van der Waals surface area contributed by atoms with Crippen LogP contribution >= 0.6 is 22.7 Å². The van der Waals surface area contributed by atoms with Gasteiger partial charge in [0.2, 0.25) is 0 Å². The average molecular weight is 603 g/mol. The van der Waals surface area contributed by atoms with Gasteiger partial charge in [0.1, 0.15) is 0 Å². The zero-order valence-corrected chi connectivity index (χ0v) is 24.7. The van der Waals surface area contributed by atoms with Crippen molar-refractivity contribution in [3.8, 4) is 45.3 Å². The summed E-state index contributed by atoms with van der Waals surface area (Å²) in [5.74, 6) is 0.730. The van der Waals surface area contributed by atoms with Gasteiger partial charge in [-0.15, -0.1) is 22.7 Å². The van der Waals surface area contributed by atoms with Gasteiger partial charge < -0.3 is 0 Å². The van der Waals surface area contributed by atoms with Crippen LogP contribution in [0.4, 0.5) is 0 Å². The van der Waals surface area contributed by atoms with Gasteiger partial charge in [0.25, 0.3) is 0 Å². The van der Waals surface area contributed by atoms with Crippen LogP contribution in [0.15, 0.2) is 139 Å². The Balaban J connectivity index is 1.19. The van der Waals surface area contributed by atoms with Gasteiger partial charge >= 0.3 is 0 Å². The fourth-order valence-corrected chi connectivity index (χ4v) is 8.18. The van der Waals surface area contributed by atoms with Crippen molar-refractivity contribution in [1.82, 2.24) is 15.0 Å². The van der Waals surface area contributed by atoms with Crippen LogP contribution in [0.2, 0.25) is 0 Å². The van der Waals surface area contributed by atoms with Crippen LogP contribution < -0.4 is 0 Å². The van der Waals surface area contributed by atoms with Crippen molar-refractivity contribution in [2.45, 2.75) is 0 Å². The fraction of sp³-hybridized carbons (Fsp3) is 0. The molecule has 6 aromatic carbocycles. The van der Waals surface area contributed by atoms with Crippen LogP contribution in [0, 0.1) is 0 Å². The second kappa shape index (κ2) is 10.2. The minimum absolute atomic E-state index is 0.0253. The lowest BCUT2D eigenvalue weighted by molar-refractivity contribution is 1.07. The molecule has 3 heterocycles. The maximum Gasteiger partial charge on any atom is 0.164 e. The maximum atomic E-state index is 8.57. The number of nitrogens with zero attached hydrogens (tertiary/aromatic N) is 3. The summed E-state index contributed by atoms with van der Waals surface area (Å²) in [6, 6.07) is 35.2. The summed E-state index contributed by atoms with van der Waals surface area (Å²) in [5, 5.41) is 4.84. The normalized spacial score (nSPS) is 13.2. The first kappa shape index (κ1) is 20.6. The molecule has 3 aromatic heterocycles. The second-order valence-corrected chi connectivity index (χ2v) is 12.6. The standard InChI is InChI=1S/C39H23N3S2/c1-3-10-24(11-4-1)37-40-38(25-12-5-2-6-13-25)42-39(41-37)27-19-21-31-30-20-18-26(22-34(30)43-35(31)23-27)28-15-9-16-32-29-14-7-8-17-33(29)44-36(28)32/h1-23H/i1D,3D,4D,10D,11D. The molecule has 0 aliphatic heterocycles. The average Bonchev–Trinajstić information content (AvgIpc) is 3.71. The van der Waals surface area contributed by atoms with Crippen LogP contribution in [0.5, 0.6) is 0 Å². The third kappa shape index (κ3) is 4.21. The molecule has 0 radical (unpaired) electrons. The van der Waals surface area contributed by atoms with Crippen LogP contribution in [-0.4, -0.2) is 15.0 Å². The number of hydrogen-bond donors (Lipinski definition) is 0. The number of thiophene rings is 2. The molecule has 0 amide bonds. The summed E-state index contributed by atoms with van der Waals surface area (Å²) in [5.41, 5.74) is 3.80. The van der Waals surface area contributed by atoms with Gasteiger partial charge in [-0.05, 0) is 29.3 Å². The Labute approximate surface area is 268 Å². The fourth-order valence-electron chi connectivity index (χ4n) is 5.75. The quantitative estimate of drug-likeness (QED) is 0.201. The lowest BCUT2D eigenvalue weighted by atomic mass is 10.0. The van der Waals surface area contributed by atoms with E-state index in [0.29, 0.717) is 11.6 Å². The predicted molar refractivity (Wildman–Crippen MR) is 187 cm³/mol. The molecule has 5 heteroatoms. The van der Waals surface area contributed by atoms with Crippen LogP contribution in [0.25, 0.3) is 85.6 Å². The third-order valence-corrected chi connectivity index (χ3v) is 10.2. The number of rotatable bonds is 4.